The lowest BCUT2D eigenvalue weighted by Crippen LogP contribution is -2.45. The van der Waals surface area contributed by atoms with Gasteiger partial charge in [0.05, 0.1) is 25.2 Å². The number of rotatable bonds is 23. The summed E-state index contributed by atoms with van der Waals surface area (Å²) in [6, 6.07) is 15.4. The normalized spacial score (nSPS) is 19.6. The maximum Gasteiger partial charge on any atom is 0.303 e. The lowest BCUT2D eigenvalue weighted by atomic mass is 9.90. The van der Waals surface area contributed by atoms with Crippen molar-refractivity contribution in [1.82, 2.24) is 4.90 Å². The van der Waals surface area contributed by atoms with E-state index in [0.717, 1.165) is 36.3 Å². The SMILES string of the molecule is CCCCCCCCN(CCCCCCCC)C[C@H]1O[C@@H](c2cccc(NC(=O)CCC(=O)O)c2)O[C@@H](c2ccc(CO)cc2)[C@H]1C. The molecule has 1 aliphatic rings. The average Bonchev–Trinajstić information content (AvgIpc) is 3.07. The van der Waals surface area contributed by atoms with E-state index < -0.39 is 12.3 Å². The van der Waals surface area contributed by atoms with Crippen LogP contribution in [-0.2, 0) is 25.7 Å². The minimum absolute atomic E-state index is 0.00740. The lowest BCUT2D eigenvalue weighted by Gasteiger charge is -2.43. The quantitative estimate of drug-likeness (QED) is 0.103. The number of aliphatic hydroxyl groups is 1. The molecule has 0 unspecified atom stereocenters. The fourth-order valence-corrected chi connectivity index (χ4v) is 6.32. The second-order valence-electron chi connectivity index (χ2n) is 13.2. The van der Waals surface area contributed by atoms with Crippen molar-refractivity contribution >= 4 is 17.6 Å². The molecule has 2 aromatic rings. The van der Waals surface area contributed by atoms with Crippen molar-refractivity contribution < 1.29 is 29.3 Å². The number of aliphatic hydroxyl groups excluding tert-OH is 1. The molecule has 0 saturated carbocycles. The number of nitrogens with one attached hydrogen (secondary N) is 1. The molecule has 2 aromatic carbocycles. The molecule has 47 heavy (non-hydrogen) atoms. The number of aliphatic carboxylic acids is 1. The van der Waals surface area contributed by atoms with Crippen LogP contribution >= 0.6 is 0 Å². The fraction of sp³-hybridized carbons (Fsp3) is 0.641. The van der Waals surface area contributed by atoms with Crippen LogP contribution in [0.4, 0.5) is 5.69 Å². The number of carboxylic acid groups (broad SMARTS) is 1. The number of anilines is 1. The zero-order valence-corrected chi connectivity index (χ0v) is 29.1. The van der Waals surface area contributed by atoms with Crippen LogP contribution in [-0.4, -0.2) is 52.7 Å². The lowest BCUT2D eigenvalue weighted by molar-refractivity contribution is -0.276. The van der Waals surface area contributed by atoms with E-state index in [-0.39, 0.29) is 43.5 Å². The zero-order chi connectivity index (χ0) is 33.9. The molecule has 0 bridgehead atoms. The van der Waals surface area contributed by atoms with Crippen molar-refractivity contribution in [3.63, 3.8) is 0 Å². The van der Waals surface area contributed by atoms with Gasteiger partial charge >= 0.3 is 5.97 Å². The summed E-state index contributed by atoms with van der Waals surface area (Å²) in [7, 11) is 0. The maximum absolute atomic E-state index is 12.4. The molecule has 3 rings (SSSR count). The summed E-state index contributed by atoms with van der Waals surface area (Å²) >= 11 is 0. The number of unbranched alkanes of at least 4 members (excludes halogenated alkanes) is 10. The third-order valence-electron chi connectivity index (χ3n) is 9.23. The van der Waals surface area contributed by atoms with E-state index in [1.165, 1.54) is 77.0 Å². The second kappa shape index (κ2) is 22.0. The first-order valence-corrected chi connectivity index (χ1v) is 18.2. The molecule has 1 aliphatic heterocycles. The summed E-state index contributed by atoms with van der Waals surface area (Å²) < 4.78 is 13.4. The van der Waals surface area contributed by atoms with Crippen molar-refractivity contribution in [2.45, 2.75) is 136 Å². The monoisotopic (exact) mass is 652 g/mol. The summed E-state index contributed by atoms with van der Waals surface area (Å²) in [6.07, 6.45) is 14.0. The van der Waals surface area contributed by atoms with Crippen molar-refractivity contribution in [1.29, 1.82) is 0 Å². The number of hydrogen-bond acceptors (Lipinski definition) is 6. The van der Waals surface area contributed by atoms with E-state index >= 15 is 0 Å². The molecule has 1 heterocycles. The van der Waals surface area contributed by atoms with Gasteiger partial charge in [-0.05, 0) is 49.2 Å². The first-order chi connectivity index (χ1) is 22.8. The van der Waals surface area contributed by atoms with Gasteiger partial charge in [0.25, 0.3) is 0 Å². The summed E-state index contributed by atoms with van der Waals surface area (Å²) in [5.41, 5.74) is 3.28. The van der Waals surface area contributed by atoms with E-state index in [9.17, 15) is 14.7 Å². The van der Waals surface area contributed by atoms with Crippen LogP contribution in [0.5, 0.6) is 0 Å². The molecule has 1 amide bonds. The smallest absolute Gasteiger partial charge is 0.303 e. The number of hydrogen-bond donors (Lipinski definition) is 3. The Morgan fingerprint density at radius 1 is 0.787 bits per heavy atom. The van der Waals surface area contributed by atoms with Gasteiger partial charge < -0.3 is 29.9 Å². The Hall–Kier alpha value is -2.78. The summed E-state index contributed by atoms with van der Waals surface area (Å²) in [5.74, 6) is -1.26. The van der Waals surface area contributed by atoms with Crippen LogP contribution in [0.25, 0.3) is 0 Å². The Balaban J connectivity index is 1.79. The van der Waals surface area contributed by atoms with Gasteiger partial charge in [-0.3, -0.25) is 9.59 Å². The minimum Gasteiger partial charge on any atom is -0.481 e. The number of nitrogens with zero attached hydrogens (tertiary/aromatic N) is 1. The Morgan fingerprint density at radius 2 is 1.40 bits per heavy atom. The van der Waals surface area contributed by atoms with Crippen molar-refractivity contribution in [2.75, 3.05) is 25.0 Å². The molecule has 1 fully saturated rings. The average molecular weight is 653 g/mol. The van der Waals surface area contributed by atoms with Gasteiger partial charge in [0.1, 0.15) is 0 Å². The molecule has 0 radical (unpaired) electrons. The van der Waals surface area contributed by atoms with Crippen LogP contribution in [0.2, 0.25) is 0 Å². The maximum atomic E-state index is 12.4. The summed E-state index contributed by atoms with van der Waals surface area (Å²) in [5, 5.41) is 21.4. The molecule has 0 spiro atoms. The standard InChI is InChI=1S/C39H60N2O6/c1-4-6-8-10-12-14-25-41(26-15-13-11-9-7-5-2)28-35-30(3)38(32-21-19-31(29-42)20-22-32)47-39(46-35)33-17-16-18-34(27-33)40-36(43)23-24-37(44)45/h16-22,27,30,35,38-39,42H,4-15,23-26,28-29H2,1-3H3,(H,40,43)(H,44,45)/t30-,35+,38+,39+/m0/s1. The highest BCUT2D eigenvalue weighted by atomic mass is 16.7. The van der Waals surface area contributed by atoms with E-state index in [1.54, 1.807) is 6.07 Å². The van der Waals surface area contributed by atoms with Crippen LogP contribution in [0.1, 0.15) is 140 Å². The Kier molecular flexibility index (Phi) is 18.1. The van der Waals surface area contributed by atoms with Gasteiger partial charge in [0.2, 0.25) is 5.91 Å². The van der Waals surface area contributed by atoms with Gasteiger partial charge in [0, 0.05) is 30.1 Å². The minimum atomic E-state index is -1.00. The van der Waals surface area contributed by atoms with Crippen molar-refractivity contribution in [2.24, 2.45) is 5.92 Å². The molecule has 3 N–H and O–H groups in total. The third kappa shape index (κ3) is 14.1. The second-order valence-corrected chi connectivity index (χ2v) is 13.2. The van der Waals surface area contributed by atoms with Crippen molar-refractivity contribution in [3.8, 4) is 0 Å². The molecule has 4 atom stereocenters. The molecule has 0 aliphatic carbocycles. The Morgan fingerprint density at radius 3 is 2.00 bits per heavy atom. The largest absolute Gasteiger partial charge is 0.481 e. The Labute approximate surface area is 283 Å². The topological polar surface area (TPSA) is 108 Å². The Bertz CT molecular complexity index is 1160. The highest BCUT2D eigenvalue weighted by Crippen LogP contribution is 2.42. The number of carbonyl (C=O) groups excluding carboxylic acids is 1. The summed E-state index contributed by atoms with van der Waals surface area (Å²) in [6.45, 7) is 9.66. The van der Waals surface area contributed by atoms with Gasteiger partial charge in [-0.15, -0.1) is 0 Å². The molecule has 8 nitrogen and oxygen atoms in total. The highest BCUT2D eigenvalue weighted by molar-refractivity contribution is 5.92. The van der Waals surface area contributed by atoms with Gasteiger partial charge in [-0.2, -0.15) is 0 Å². The van der Waals surface area contributed by atoms with Crippen LogP contribution < -0.4 is 5.32 Å². The highest BCUT2D eigenvalue weighted by Gasteiger charge is 2.39. The predicted octanol–water partition coefficient (Wildman–Crippen LogP) is 8.80. The van der Waals surface area contributed by atoms with E-state index in [2.05, 4.69) is 31.0 Å². The van der Waals surface area contributed by atoms with Crippen LogP contribution in [0, 0.1) is 5.92 Å². The van der Waals surface area contributed by atoms with Gasteiger partial charge in [-0.1, -0.05) is 121 Å². The number of amides is 1. The summed E-state index contributed by atoms with van der Waals surface area (Å²) in [4.78, 5) is 25.9. The first kappa shape index (κ1) is 38.7. The first-order valence-electron chi connectivity index (χ1n) is 18.2. The van der Waals surface area contributed by atoms with E-state index in [1.807, 2.05) is 42.5 Å². The molecule has 0 aromatic heterocycles. The van der Waals surface area contributed by atoms with Gasteiger partial charge in [0.15, 0.2) is 6.29 Å². The van der Waals surface area contributed by atoms with Crippen LogP contribution in [0.15, 0.2) is 48.5 Å². The predicted molar refractivity (Wildman–Crippen MR) is 188 cm³/mol. The molecule has 262 valence electrons. The number of benzene rings is 2. The fourth-order valence-electron chi connectivity index (χ4n) is 6.32. The molecule has 8 heteroatoms. The number of ether oxygens (including phenoxy) is 2. The van der Waals surface area contributed by atoms with Crippen LogP contribution in [0.3, 0.4) is 0 Å². The molecular formula is C39H60N2O6. The zero-order valence-electron chi connectivity index (χ0n) is 29.1. The molecular weight excluding hydrogens is 592 g/mol. The van der Waals surface area contributed by atoms with Gasteiger partial charge in [-0.25, -0.2) is 0 Å². The van der Waals surface area contributed by atoms with E-state index in [4.69, 9.17) is 14.6 Å². The third-order valence-corrected chi connectivity index (χ3v) is 9.23. The molecule has 1 saturated heterocycles. The van der Waals surface area contributed by atoms with Crippen molar-refractivity contribution in [3.05, 3.63) is 65.2 Å². The number of carbonyl (C=O) groups is 2. The number of carboxylic acids is 1. The van der Waals surface area contributed by atoms with E-state index in [0.29, 0.717) is 5.69 Å².